The lowest BCUT2D eigenvalue weighted by Crippen LogP contribution is -2.47. The standard InChI is InChI=1S/C20H30N2O4/c1-20(2,3)13-18(23)21-15-6-8-22(9-7-15)19(24)14-10-16(25-4)12-17(11-14)26-5/h10-12,15H,6-9,13H2,1-5H3,(H,21,23). The third kappa shape index (κ3) is 5.64. The Morgan fingerprint density at radius 1 is 1.08 bits per heavy atom. The van der Waals surface area contributed by atoms with Crippen LogP contribution in [0.4, 0.5) is 0 Å². The second kappa shape index (κ2) is 8.43. The highest BCUT2D eigenvalue weighted by molar-refractivity contribution is 5.95. The van der Waals surface area contributed by atoms with Gasteiger partial charge in [-0.15, -0.1) is 0 Å². The van der Waals surface area contributed by atoms with Gasteiger partial charge < -0.3 is 19.7 Å². The van der Waals surface area contributed by atoms with Crippen molar-refractivity contribution >= 4 is 11.8 Å². The summed E-state index contributed by atoms with van der Waals surface area (Å²) in [6.07, 6.45) is 2.04. The third-order valence-corrected chi connectivity index (χ3v) is 4.44. The molecule has 26 heavy (non-hydrogen) atoms. The fourth-order valence-electron chi connectivity index (χ4n) is 3.10. The molecule has 144 valence electrons. The molecule has 0 aliphatic carbocycles. The normalized spacial score (nSPS) is 15.5. The Morgan fingerprint density at radius 2 is 1.62 bits per heavy atom. The van der Waals surface area contributed by atoms with Gasteiger partial charge in [-0.05, 0) is 30.4 Å². The minimum Gasteiger partial charge on any atom is -0.497 e. The van der Waals surface area contributed by atoms with E-state index in [0.717, 1.165) is 12.8 Å². The molecule has 0 aromatic heterocycles. The predicted molar refractivity (Wildman–Crippen MR) is 101 cm³/mol. The van der Waals surface area contributed by atoms with Crippen molar-refractivity contribution in [2.24, 2.45) is 5.41 Å². The largest absolute Gasteiger partial charge is 0.497 e. The van der Waals surface area contributed by atoms with Crippen molar-refractivity contribution in [1.29, 1.82) is 0 Å². The number of rotatable bonds is 5. The van der Waals surface area contributed by atoms with Crippen LogP contribution in [-0.2, 0) is 4.79 Å². The van der Waals surface area contributed by atoms with Crippen molar-refractivity contribution in [3.05, 3.63) is 23.8 Å². The van der Waals surface area contributed by atoms with Crippen molar-refractivity contribution in [2.45, 2.75) is 46.1 Å². The van der Waals surface area contributed by atoms with Crippen LogP contribution in [0.25, 0.3) is 0 Å². The second-order valence-electron chi connectivity index (χ2n) is 7.97. The molecule has 0 unspecified atom stereocenters. The van der Waals surface area contributed by atoms with Crippen molar-refractivity contribution < 1.29 is 19.1 Å². The zero-order valence-electron chi connectivity index (χ0n) is 16.4. The number of ether oxygens (including phenoxy) is 2. The molecule has 1 N–H and O–H groups in total. The molecular formula is C20H30N2O4. The van der Waals surface area contributed by atoms with E-state index < -0.39 is 0 Å². The molecule has 0 radical (unpaired) electrons. The summed E-state index contributed by atoms with van der Waals surface area (Å²) in [4.78, 5) is 26.7. The van der Waals surface area contributed by atoms with Crippen molar-refractivity contribution in [2.75, 3.05) is 27.3 Å². The molecule has 0 saturated carbocycles. The lowest BCUT2D eigenvalue weighted by Gasteiger charge is -2.33. The average Bonchev–Trinajstić information content (AvgIpc) is 2.59. The second-order valence-corrected chi connectivity index (χ2v) is 7.97. The van der Waals surface area contributed by atoms with Crippen LogP contribution < -0.4 is 14.8 Å². The average molecular weight is 362 g/mol. The van der Waals surface area contributed by atoms with Crippen molar-refractivity contribution in [3.8, 4) is 11.5 Å². The Bertz CT molecular complexity index is 621. The molecule has 1 aromatic carbocycles. The van der Waals surface area contributed by atoms with Gasteiger partial charge in [0.1, 0.15) is 11.5 Å². The maximum atomic E-state index is 12.8. The highest BCUT2D eigenvalue weighted by atomic mass is 16.5. The summed E-state index contributed by atoms with van der Waals surface area (Å²) in [5.74, 6) is 1.23. The summed E-state index contributed by atoms with van der Waals surface area (Å²) in [5, 5.41) is 3.09. The first-order valence-corrected chi connectivity index (χ1v) is 9.03. The molecule has 0 atom stereocenters. The highest BCUT2D eigenvalue weighted by Crippen LogP contribution is 2.25. The fourth-order valence-corrected chi connectivity index (χ4v) is 3.10. The first-order valence-electron chi connectivity index (χ1n) is 9.03. The monoisotopic (exact) mass is 362 g/mol. The minimum absolute atomic E-state index is 0.0217. The molecule has 1 heterocycles. The Balaban J connectivity index is 1.93. The maximum absolute atomic E-state index is 12.8. The van der Waals surface area contributed by atoms with E-state index in [4.69, 9.17) is 9.47 Å². The number of nitrogens with zero attached hydrogens (tertiary/aromatic N) is 1. The Morgan fingerprint density at radius 3 is 2.08 bits per heavy atom. The Kier molecular flexibility index (Phi) is 6.51. The maximum Gasteiger partial charge on any atom is 0.254 e. The summed E-state index contributed by atoms with van der Waals surface area (Å²) >= 11 is 0. The van der Waals surface area contributed by atoms with E-state index in [-0.39, 0.29) is 23.3 Å². The zero-order chi connectivity index (χ0) is 19.3. The lowest BCUT2D eigenvalue weighted by molar-refractivity contribution is -0.123. The quantitative estimate of drug-likeness (QED) is 0.875. The first kappa shape index (κ1) is 20.1. The number of hydrogen-bond donors (Lipinski definition) is 1. The molecule has 0 spiro atoms. The molecule has 2 amide bonds. The summed E-state index contributed by atoms with van der Waals surface area (Å²) in [6.45, 7) is 7.40. The number of methoxy groups -OCH3 is 2. The zero-order valence-corrected chi connectivity index (χ0v) is 16.4. The number of carbonyl (C=O) groups excluding carboxylic acids is 2. The molecule has 1 aliphatic rings. The minimum atomic E-state index is -0.0401. The summed E-state index contributed by atoms with van der Waals surface area (Å²) < 4.78 is 10.5. The highest BCUT2D eigenvalue weighted by Gasteiger charge is 2.26. The van der Waals surface area contributed by atoms with Gasteiger partial charge in [-0.1, -0.05) is 20.8 Å². The molecule has 1 aromatic rings. The predicted octanol–water partition coefficient (Wildman–Crippen LogP) is 2.86. The lowest BCUT2D eigenvalue weighted by atomic mass is 9.91. The molecule has 1 saturated heterocycles. The summed E-state index contributed by atoms with van der Waals surface area (Å²) in [7, 11) is 3.13. The van der Waals surface area contributed by atoms with E-state index in [1.54, 1.807) is 32.4 Å². The van der Waals surface area contributed by atoms with Gasteiger partial charge in [0.15, 0.2) is 0 Å². The van der Waals surface area contributed by atoms with Crippen molar-refractivity contribution in [1.82, 2.24) is 10.2 Å². The fraction of sp³-hybridized carbons (Fsp3) is 0.600. The Labute approximate surface area is 155 Å². The van der Waals surface area contributed by atoms with Crippen LogP contribution in [0.2, 0.25) is 0 Å². The van der Waals surface area contributed by atoms with Crippen LogP contribution in [0.1, 0.15) is 50.4 Å². The topological polar surface area (TPSA) is 67.9 Å². The first-order chi connectivity index (χ1) is 12.2. The number of amides is 2. The van der Waals surface area contributed by atoms with Gasteiger partial charge in [0, 0.05) is 37.2 Å². The third-order valence-electron chi connectivity index (χ3n) is 4.44. The van der Waals surface area contributed by atoms with E-state index >= 15 is 0 Å². The number of likely N-dealkylation sites (tertiary alicyclic amines) is 1. The van der Waals surface area contributed by atoms with Gasteiger partial charge in [-0.25, -0.2) is 0 Å². The van der Waals surface area contributed by atoms with E-state index in [9.17, 15) is 9.59 Å². The van der Waals surface area contributed by atoms with Crippen LogP contribution in [0.5, 0.6) is 11.5 Å². The number of nitrogens with one attached hydrogen (secondary N) is 1. The smallest absolute Gasteiger partial charge is 0.254 e. The van der Waals surface area contributed by atoms with Crippen molar-refractivity contribution in [3.63, 3.8) is 0 Å². The molecular weight excluding hydrogens is 332 g/mol. The van der Waals surface area contributed by atoms with Gasteiger partial charge in [-0.3, -0.25) is 9.59 Å². The number of benzene rings is 1. The summed E-state index contributed by atoms with van der Waals surface area (Å²) in [5.41, 5.74) is 0.531. The van der Waals surface area contributed by atoms with Crippen LogP contribution >= 0.6 is 0 Å². The number of carbonyl (C=O) groups is 2. The molecule has 2 rings (SSSR count). The van der Waals surface area contributed by atoms with Crippen LogP contribution in [0.3, 0.4) is 0 Å². The van der Waals surface area contributed by atoms with Gasteiger partial charge in [0.25, 0.3) is 5.91 Å². The van der Waals surface area contributed by atoms with E-state index in [1.807, 2.05) is 4.90 Å². The van der Waals surface area contributed by atoms with E-state index in [1.165, 1.54) is 0 Å². The van der Waals surface area contributed by atoms with Gasteiger partial charge in [0.05, 0.1) is 14.2 Å². The van der Waals surface area contributed by atoms with Gasteiger partial charge in [-0.2, -0.15) is 0 Å². The van der Waals surface area contributed by atoms with Gasteiger partial charge in [0.2, 0.25) is 5.91 Å². The Hall–Kier alpha value is -2.24. The van der Waals surface area contributed by atoms with E-state index in [0.29, 0.717) is 36.6 Å². The number of piperidine rings is 1. The molecule has 1 fully saturated rings. The van der Waals surface area contributed by atoms with Crippen LogP contribution in [-0.4, -0.2) is 50.1 Å². The number of hydrogen-bond acceptors (Lipinski definition) is 4. The summed E-state index contributed by atoms with van der Waals surface area (Å²) in [6, 6.07) is 5.33. The molecule has 6 heteroatoms. The SMILES string of the molecule is COc1cc(OC)cc(C(=O)N2CCC(NC(=O)CC(C)(C)C)CC2)c1. The van der Waals surface area contributed by atoms with Gasteiger partial charge >= 0.3 is 0 Å². The molecule has 6 nitrogen and oxygen atoms in total. The van der Waals surface area contributed by atoms with Crippen LogP contribution in [0.15, 0.2) is 18.2 Å². The molecule has 0 bridgehead atoms. The molecule has 1 aliphatic heterocycles. The van der Waals surface area contributed by atoms with E-state index in [2.05, 4.69) is 26.1 Å². The van der Waals surface area contributed by atoms with Crippen LogP contribution in [0, 0.1) is 5.41 Å².